The Morgan fingerprint density at radius 3 is 1.87 bits per heavy atom. The highest BCUT2D eigenvalue weighted by molar-refractivity contribution is 7.47. The lowest BCUT2D eigenvalue weighted by molar-refractivity contribution is -0.870. The van der Waals surface area contributed by atoms with Gasteiger partial charge in [-0.05, 0) is 64.2 Å². The number of aliphatic hydroxyl groups is 1. The van der Waals surface area contributed by atoms with Crippen molar-refractivity contribution in [3.63, 3.8) is 0 Å². The second-order valence-corrected chi connectivity index (χ2v) is 15.0. The second-order valence-electron chi connectivity index (χ2n) is 13.6. The summed E-state index contributed by atoms with van der Waals surface area (Å²) in [5.41, 5.74) is 0. The van der Waals surface area contributed by atoms with Gasteiger partial charge in [-0.15, -0.1) is 0 Å². The third-order valence-corrected chi connectivity index (χ3v) is 8.76. The zero-order chi connectivity index (χ0) is 35.1. The molecule has 0 aliphatic carbocycles. The van der Waals surface area contributed by atoms with Gasteiger partial charge in [-0.25, -0.2) is 4.57 Å². The Balaban J connectivity index is 4.60. The van der Waals surface area contributed by atoms with E-state index in [1.54, 1.807) is 6.08 Å². The van der Waals surface area contributed by atoms with Crippen LogP contribution >= 0.6 is 7.82 Å². The van der Waals surface area contributed by atoms with Crippen molar-refractivity contribution in [3.05, 3.63) is 48.6 Å². The molecule has 47 heavy (non-hydrogen) atoms. The number of rotatable bonds is 32. The fourth-order valence-corrected chi connectivity index (χ4v) is 5.47. The van der Waals surface area contributed by atoms with E-state index in [-0.39, 0.29) is 19.1 Å². The molecule has 0 rings (SSSR count). The number of phosphoric acid groups is 1. The fraction of sp³-hybridized carbons (Fsp3) is 0.763. The first-order chi connectivity index (χ1) is 22.5. The predicted octanol–water partition coefficient (Wildman–Crippen LogP) is 9.35. The molecule has 1 amide bonds. The monoisotopic (exact) mass is 684 g/mol. The SMILES string of the molecule is CCCCC/C=C/C/C=C/CCCCCCCC(=O)N[C@@H](COP(=O)(O)OCC[N+](C)(C)C)[C@H](O)/C=C/CC/C=C/CCCCCC. The number of allylic oxidation sites excluding steroid dienone is 7. The van der Waals surface area contributed by atoms with Gasteiger partial charge in [-0.3, -0.25) is 13.8 Å². The molecule has 0 bridgehead atoms. The largest absolute Gasteiger partial charge is 0.472 e. The third kappa shape index (κ3) is 32.8. The summed E-state index contributed by atoms with van der Waals surface area (Å²) in [5.74, 6) is -0.207. The van der Waals surface area contributed by atoms with Crippen LogP contribution in [-0.2, 0) is 18.4 Å². The lowest BCUT2D eigenvalue weighted by Gasteiger charge is -2.25. The van der Waals surface area contributed by atoms with Gasteiger partial charge in [0.1, 0.15) is 13.2 Å². The average Bonchev–Trinajstić information content (AvgIpc) is 3.01. The third-order valence-electron chi connectivity index (χ3n) is 7.77. The molecule has 0 aromatic carbocycles. The maximum absolute atomic E-state index is 12.8. The van der Waals surface area contributed by atoms with Gasteiger partial charge < -0.3 is 19.8 Å². The predicted molar refractivity (Wildman–Crippen MR) is 198 cm³/mol. The summed E-state index contributed by atoms with van der Waals surface area (Å²) in [6, 6.07) is -0.867. The van der Waals surface area contributed by atoms with Crippen LogP contribution in [0.25, 0.3) is 0 Å². The topological polar surface area (TPSA) is 105 Å². The first-order valence-electron chi connectivity index (χ1n) is 18.5. The zero-order valence-electron chi connectivity index (χ0n) is 30.8. The van der Waals surface area contributed by atoms with Crippen LogP contribution in [0.15, 0.2) is 48.6 Å². The van der Waals surface area contributed by atoms with E-state index in [0.29, 0.717) is 17.4 Å². The first kappa shape index (κ1) is 45.5. The maximum atomic E-state index is 12.8. The molecule has 9 heteroatoms. The van der Waals surface area contributed by atoms with Gasteiger partial charge in [0.15, 0.2) is 0 Å². The van der Waals surface area contributed by atoms with E-state index in [2.05, 4.69) is 55.6 Å². The van der Waals surface area contributed by atoms with Crippen LogP contribution in [0.1, 0.15) is 136 Å². The quantitative estimate of drug-likeness (QED) is 0.0283. The van der Waals surface area contributed by atoms with Gasteiger partial charge in [0.2, 0.25) is 5.91 Å². The molecule has 0 saturated carbocycles. The number of nitrogens with one attached hydrogen (secondary N) is 1. The van der Waals surface area contributed by atoms with E-state index in [4.69, 9.17) is 9.05 Å². The minimum absolute atomic E-state index is 0.0513. The highest BCUT2D eigenvalue weighted by Crippen LogP contribution is 2.43. The van der Waals surface area contributed by atoms with Crippen molar-refractivity contribution in [3.8, 4) is 0 Å². The molecule has 8 nitrogen and oxygen atoms in total. The second kappa shape index (κ2) is 30.5. The molecule has 0 aliphatic heterocycles. The van der Waals surface area contributed by atoms with E-state index < -0.39 is 20.0 Å². The number of phosphoric ester groups is 1. The fourth-order valence-electron chi connectivity index (χ4n) is 4.73. The Kier molecular flexibility index (Phi) is 29.5. The molecular weight excluding hydrogens is 611 g/mol. The number of quaternary nitrogens is 1. The number of carbonyl (C=O) groups excluding carboxylic acids is 1. The zero-order valence-corrected chi connectivity index (χ0v) is 31.6. The van der Waals surface area contributed by atoms with Crippen molar-refractivity contribution < 1.29 is 32.9 Å². The van der Waals surface area contributed by atoms with Gasteiger partial charge in [0.25, 0.3) is 0 Å². The van der Waals surface area contributed by atoms with Crippen LogP contribution in [-0.4, -0.2) is 73.4 Å². The Morgan fingerprint density at radius 2 is 1.23 bits per heavy atom. The molecule has 0 aliphatic rings. The smallest absolute Gasteiger partial charge is 0.387 e. The molecule has 3 N–H and O–H groups in total. The molecular formula is C38H72N2O6P+. The van der Waals surface area contributed by atoms with Crippen molar-refractivity contribution in [1.29, 1.82) is 0 Å². The average molecular weight is 684 g/mol. The van der Waals surface area contributed by atoms with Crippen LogP contribution in [0.2, 0.25) is 0 Å². The summed E-state index contributed by atoms with van der Waals surface area (Å²) in [5, 5.41) is 13.7. The minimum atomic E-state index is -4.34. The number of likely N-dealkylation sites (N-methyl/N-ethyl adjacent to an activating group) is 1. The Morgan fingerprint density at radius 1 is 0.723 bits per heavy atom. The molecule has 0 aromatic rings. The highest BCUT2D eigenvalue weighted by Gasteiger charge is 2.27. The van der Waals surface area contributed by atoms with Gasteiger partial charge in [-0.1, -0.05) is 114 Å². The van der Waals surface area contributed by atoms with Crippen LogP contribution < -0.4 is 5.32 Å². The summed E-state index contributed by atoms with van der Waals surface area (Å²) >= 11 is 0. The van der Waals surface area contributed by atoms with Crippen molar-refractivity contribution in [1.82, 2.24) is 5.32 Å². The van der Waals surface area contributed by atoms with E-state index in [1.165, 1.54) is 51.4 Å². The Bertz CT molecular complexity index is 912. The van der Waals surface area contributed by atoms with E-state index in [9.17, 15) is 19.4 Å². The molecule has 0 spiro atoms. The van der Waals surface area contributed by atoms with Crippen LogP contribution in [0.3, 0.4) is 0 Å². The van der Waals surface area contributed by atoms with Gasteiger partial charge >= 0.3 is 7.82 Å². The normalized spacial score (nSPS) is 15.3. The first-order valence-corrected chi connectivity index (χ1v) is 20.0. The van der Waals surface area contributed by atoms with Crippen molar-refractivity contribution in [2.24, 2.45) is 0 Å². The molecule has 0 fully saturated rings. The summed E-state index contributed by atoms with van der Waals surface area (Å²) in [6.07, 6.45) is 36.1. The van der Waals surface area contributed by atoms with Crippen LogP contribution in [0.5, 0.6) is 0 Å². The molecule has 1 unspecified atom stereocenters. The summed E-state index contributed by atoms with van der Waals surface area (Å²) < 4.78 is 23.4. The number of hydrogen-bond donors (Lipinski definition) is 3. The van der Waals surface area contributed by atoms with E-state index >= 15 is 0 Å². The molecule has 3 atom stereocenters. The lowest BCUT2D eigenvalue weighted by atomic mass is 10.1. The Labute approximate surface area is 289 Å². The molecule has 0 radical (unpaired) electrons. The minimum Gasteiger partial charge on any atom is -0.387 e. The van der Waals surface area contributed by atoms with Crippen molar-refractivity contribution in [2.45, 2.75) is 148 Å². The van der Waals surface area contributed by atoms with Crippen LogP contribution in [0, 0.1) is 0 Å². The number of nitrogens with zero attached hydrogens (tertiary/aromatic N) is 1. The van der Waals surface area contributed by atoms with E-state index in [1.807, 2.05) is 27.2 Å². The Hall–Kier alpha value is -1.54. The van der Waals surface area contributed by atoms with Gasteiger partial charge in [0, 0.05) is 6.42 Å². The van der Waals surface area contributed by atoms with Crippen LogP contribution in [0.4, 0.5) is 0 Å². The molecule has 0 heterocycles. The summed E-state index contributed by atoms with van der Waals surface area (Å²) in [6.45, 7) is 4.68. The van der Waals surface area contributed by atoms with Crippen molar-refractivity contribution >= 4 is 13.7 Å². The van der Waals surface area contributed by atoms with Gasteiger partial charge in [0.05, 0.1) is 39.9 Å². The lowest BCUT2D eigenvalue weighted by Crippen LogP contribution is -2.45. The number of unbranched alkanes of at least 4 members (excludes halogenated alkanes) is 13. The molecule has 0 aromatic heterocycles. The summed E-state index contributed by atoms with van der Waals surface area (Å²) in [7, 11) is 1.53. The van der Waals surface area contributed by atoms with E-state index in [0.717, 1.165) is 64.2 Å². The maximum Gasteiger partial charge on any atom is 0.472 e. The number of hydrogen-bond acceptors (Lipinski definition) is 5. The molecule has 0 saturated heterocycles. The number of carbonyl (C=O) groups is 1. The van der Waals surface area contributed by atoms with Crippen molar-refractivity contribution in [2.75, 3.05) is 40.9 Å². The summed E-state index contributed by atoms with van der Waals surface area (Å²) in [4.78, 5) is 22.9. The van der Waals surface area contributed by atoms with Gasteiger partial charge in [-0.2, -0.15) is 0 Å². The highest BCUT2D eigenvalue weighted by atomic mass is 31.2. The standard InChI is InChI=1S/C38H71N2O6P/c1-6-8-10-12-14-16-18-19-20-21-22-24-26-28-30-32-38(42)39-36(35-46-47(43,44)45-34-33-40(3,4)5)37(41)31-29-27-25-23-17-15-13-11-9-7-2/h14,16-17,19-20,23,29,31,36-37,41H,6-13,15,18,21-22,24-28,30,32-35H2,1-5H3,(H-,39,42,43,44)/p+1/b16-14+,20-19+,23-17+,31-29+/t36-,37+/m0/s1. The number of amides is 1. The number of aliphatic hydroxyl groups excluding tert-OH is 1. The molecule has 274 valence electrons.